The van der Waals surface area contributed by atoms with Crippen molar-refractivity contribution in [3.05, 3.63) is 64.7 Å². The Labute approximate surface area is 151 Å². The normalized spacial score (nSPS) is 14.1. The first-order valence-corrected chi connectivity index (χ1v) is 8.42. The van der Waals surface area contributed by atoms with Gasteiger partial charge in [-0.2, -0.15) is 5.10 Å². The highest BCUT2D eigenvalue weighted by Gasteiger charge is 2.29. The summed E-state index contributed by atoms with van der Waals surface area (Å²) in [5, 5.41) is 7.60. The zero-order valence-electron chi connectivity index (χ0n) is 13.8. The molecule has 1 aliphatic carbocycles. The third kappa shape index (κ3) is 4.67. The summed E-state index contributed by atoms with van der Waals surface area (Å²) >= 11 is 5.81. The van der Waals surface area contributed by atoms with E-state index in [9.17, 15) is 9.59 Å². The number of hydrogen-bond donors (Lipinski definition) is 2. The van der Waals surface area contributed by atoms with Crippen LogP contribution in [0.1, 0.15) is 35.7 Å². The van der Waals surface area contributed by atoms with Crippen molar-refractivity contribution < 1.29 is 9.59 Å². The molecule has 6 heteroatoms. The van der Waals surface area contributed by atoms with Crippen LogP contribution in [-0.4, -0.2) is 17.5 Å². The standard InChI is InChI=1S/C19H18ClN3O2/c1-12(22-23-19(25)14-7-9-16(20)10-8-14)15-3-2-4-17(11-15)21-18(24)13-5-6-13/h2-4,7-11,13H,5-6H2,1H3,(H,21,24)(H,23,25). The molecule has 128 valence electrons. The minimum atomic E-state index is -0.311. The lowest BCUT2D eigenvalue weighted by Gasteiger charge is -2.07. The highest BCUT2D eigenvalue weighted by Crippen LogP contribution is 2.30. The lowest BCUT2D eigenvalue weighted by molar-refractivity contribution is -0.117. The molecule has 0 aliphatic heterocycles. The van der Waals surface area contributed by atoms with E-state index in [-0.39, 0.29) is 17.7 Å². The summed E-state index contributed by atoms with van der Waals surface area (Å²) in [7, 11) is 0. The van der Waals surface area contributed by atoms with Gasteiger partial charge in [0, 0.05) is 22.2 Å². The fraction of sp³-hybridized carbons (Fsp3) is 0.211. The van der Waals surface area contributed by atoms with Crippen molar-refractivity contribution in [2.24, 2.45) is 11.0 Å². The summed E-state index contributed by atoms with van der Waals surface area (Å²) in [6.07, 6.45) is 1.92. The van der Waals surface area contributed by atoms with Crippen LogP contribution in [0.2, 0.25) is 5.02 Å². The molecule has 1 aliphatic rings. The number of benzene rings is 2. The van der Waals surface area contributed by atoms with Crippen molar-refractivity contribution in [2.75, 3.05) is 5.32 Å². The molecule has 1 saturated carbocycles. The first-order valence-electron chi connectivity index (χ1n) is 8.04. The molecule has 2 amide bonds. The van der Waals surface area contributed by atoms with Crippen LogP contribution in [0.5, 0.6) is 0 Å². The first kappa shape index (κ1) is 17.2. The first-order chi connectivity index (χ1) is 12.0. The van der Waals surface area contributed by atoms with Crippen molar-refractivity contribution in [2.45, 2.75) is 19.8 Å². The van der Waals surface area contributed by atoms with Gasteiger partial charge >= 0.3 is 0 Å². The monoisotopic (exact) mass is 355 g/mol. The Morgan fingerprint density at radius 3 is 2.48 bits per heavy atom. The van der Waals surface area contributed by atoms with Gasteiger partial charge in [0.15, 0.2) is 0 Å². The summed E-state index contributed by atoms with van der Waals surface area (Å²) < 4.78 is 0. The molecule has 2 N–H and O–H groups in total. The van der Waals surface area contributed by atoms with Gasteiger partial charge in [0.05, 0.1) is 5.71 Å². The molecule has 0 spiro atoms. The van der Waals surface area contributed by atoms with Gasteiger partial charge in [0.1, 0.15) is 0 Å². The van der Waals surface area contributed by atoms with Crippen LogP contribution < -0.4 is 10.7 Å². The van der Waals surface area contributed by atoms with Crippen molar-refractivity contribution >= 4 is 34.8 Å². The zero-order chi connectivity index (χ0) is 17.8. The van der Waals surface area contributed by atoms with Crippen LogP contribution in [0.3, 0.4) is 0 Å². The van der Waals surface area contributed by atoms with Gasteiger partial charge in [-0.05, 0) is 61.7 Å². The summed E-state index contributed by atoms with van der Waals surface area (Å²) in [4.78, 5) is 23.9. The third-order valence-electron chi connectivity index (χ3n) is 3.93. The number of hydrogen-bond acceptors (Lipinski definition) is 3. The Balaban J connectivity index is 1.66. The fourth-order valence-corrected chi connectivity index (χ4v) is 2.40. The predicted octanol–water partition coefficient (Wildman–Crippen LogP) is 3.84. The summed E-state index contributed by atoms with van der Waals surface area (Å²) in [5.41, 5.74) is 5.20. The molecule has 0 aromatic heterocycles. The SMILES string of the molecule is CC(=NNC(=O)c1ccc(Cl)cc1)c1cccc(NC(=O)C2CC2)c1. The van der Waals surface area contributed by atoms with Crippen LogP contribution in [0.4, 0.5) is 5.69 Å². The van der Waals surface area contributed by atoms with Crippen LogP contribution >= 0.6 is 11.6 Å². The molecular formula is C19H18ClN3O2. The largest absolute Gasteiger partial charge is 0.326 e. The van der Waals surface area contributed by atoms with E-state index in [0.29, 0.717) is 16.3 Å². The average molecular weight is 356 g/mol. The highest BCUT2D eigenvalue weighted by molar-refractivity contribution is 6.30. The summed E-state index contributed by atoms with van der Waals surface area (Å²) in [6.45, 7) is 1.80. The maximum absolute atomic E-state index is 12.1. The molecule has 25 heavy (non-hydrogen) atoms. The number of nitrogens with one attached hydrogen (secondary N) is 2. The van der Waals surface area contributed by atoms with E-state index in [1.54, 1.807) is 31.2 Å². The molecule has 0 saturated heterocycles. The topological polar surface area (TPSA) is 70.6 Å². The smallest absolute Gasteiger partial charge is 0.271 e. The molecule has 0 bridgehead atoms. The molecule has 2 aromatic carbocycles. The number of nitrogens with zero attached hydrogens (tertiary/aromatic N) is 1. The number of halogens is 1. The second kappa shape index (κ2) is 7.49. The molecule has 5 nitrogen and oxygen atoms in total. The van der Waals surface area contributed by atoms with Crippen LogP contribution in [-0.2, 0) is 4.79 Å². The number of amides is 2. The molecule has 0 atom stereocenters. The van der Waals surface area contributed by atoms with Gasteiger partial charge in [0.25, 0.3) is 5.91 Å². The van der Waals surface area contributed by atoms with Gasteiger partial charge in [-0.25, -0.2) is 5.43 Å². The minimum Gasteiger partial charge on any atom is -0.326 e. The van der Waals surface area contributed by atoms with E-state index in [2.05, 4.69) is 15.8 Å². The molecule has 0 heterocycles. The van der Waals surface area contributed by atoms with Gasteiger partial charge in [0.2, 0.25) is 5.91 Å². The third-order valence-corrected chi connectivity index (χ3v) is 4.18. The van der Waals surface area contributed by atoms with Crippen molar-refractivity contribution in [3.8, 4) is 0 Å². The van der Waals surface area contributed by atoms with E-state index in [0.717, 1.165) is 24.1 Å². The van der Waals surface area contributed by atoms with Crippen LogP contribution in [0.15, 0.2) is 53.6 Å². The summed E-state index contributed by atoms with van der Waals surface area (Å²) in [5.74, 6) is -0.103. The molecule has 0 radical (unpaired) electrons. The second-order valence-electron chi connectivity index (χ2n) is 5.99. The quantitative estimate of drug-likeness (QED) is 0.631. The molecule has 0 unspecified atom stereocenters. The molecule has 1 fully saturated rings. The van der Waals surface area contributed by atoms with E-state index < -0.39 is 0 Å². The van der Waals surface area contributed by atoms with Gasteiger partial charge < -0.3 is 5.32 Å². The van der Waals surface area contributed by atoms with Gasteiger partial charge in [-0.15, -0.1) is 0 Å². The van der Waals surface area contributed by atoms with Crippen molar-refractivity contribution in [3.63, 3.8) is 0 Å². The maximum Gasteiger partial charge on any atom is 0.271 e. The predicted molar refractivity (Wildman–Crippen MR) is 98.9 cm³/mol. The highest BCUT2D eigenvalue weighted by atomic mass is 35.5. The number of carbonyl (C=O) groups is 2. The Morgan fingerprint density at radius 1 is 1.08 bits per heavy atom. The molecule has 2 aromatic rings. The maximum atomic E-state index is 12.1. The Kier molecular flexibility index (Phi) is 5.14. The Morgan fingerprint density at radius 2 is 1.80 bits per heavy atom. The van der Waals surface area contributed by atoms with E-state index in [4.69, 9.17) is 11.6 Å². The minimum absolute atomic E-state index is 0.0581. The summed E-state index contributed by atoms with van der Waals surface area (Å²) in [6, 6.07) is 14.0. The molecular weight excluding hydrogens is 338 g/mol. The second-order valence-corrected chi connectivity index (χ2v) is 6.43. The molecule has 3 rings (SSSR count). The zero-order valence-corrected chi connectivity index (χ0v) is 14.5. The van der Waals surface area contributed by atoms with E-state index >= 15 is 0 Å². The van der Waals surface area contributed by atoms with Gasteiger partial charge in [-0.3, -0.25) is 9.59 Å². The van der Waals surface area contributed by atoms with E-state index in [1.807, 2.05) is 24.3 Å². The Bertz CT molecular complexity index is 827. The number of hydrazone groups is 1. The van der Waals surface area contributed by atoms with Crippen LogP contribution in [0.25, 0.3) is 0 Å². The van der Waals surface area contributed by atoms with Crippen molar-refractivity contribution in [1.29, 1.82) is 0 Å². The number of anilines is 1. The Hall–Kier alpha value is -2.66. The van der Waals surface area contributed by atoms with Crippen molar-refractivity contribution in [1.82, 2.24) is 5.43 Å². The fourth-order valence-electron chi connectivity index (χ4n) is 2.28. The lowest BCUT2D eigenvalue weighted by Crippen LogP contribution is -2.19. The number of rotatable bonds is 5. The van der Waals surface area contributed by atoms with Crippen LogP contribution in [0, 0.1) is 5.92 Å². The van der Waals surface area contributed by atoms with E-state index in [1.165, 1.54) is 0 Å². The van der Waals surface area contributed by atoms with Gasteiger partial charge in [-0.1, -0.05) is 23.7 Å². The number of carbonyl (C=O) groups excluding carboxylic acids is 2. The average Bonchev–Trinajstić information content (AvgIpc) is 3.45. The lowest BCUT2D eigenvalue weighted by atomic mass is 10.1.